The van der Waals surface area contributed by atoms with E-state index in [1.54, 1.807) is 0 Å². The molecule has 1 atom stereocenters. The van der Waals surface area contributed by atoms with Crippen LogP contribution in [-0.2, 0) is 9.84 Å². The molecule has 0 aliphatic carbocycles. The maximum Gasteiger partial charge on any atom is 0.270 e. The average Bonchev–Trinajstić information content (AvgIpc) is 2.37. The smallest absolute Gasteiger partial charge is 0.270 e. The number of hydrogen-bond donors (Lipinski definition) is 0. The summed E-state index contributed by atoms with van der Waals surface area (Å²) in [6, 6.07) is 4.97. The van der Waals surface area contributed by atoms with Crippen LogP contribution < -0.4 is 0 Å². The zero-order valence-electron chi connectivity index (χ0n) is 9.67. The van der Waals surface area contributed by atoms with Gasteiger partial charge in [0, 0.05) is 17.7 Å². The Morgan fingerprint density at radius 1 is 1.53 bits per heavy atom. The molecule has 1 aromatic rings. The number of carbonyl (C=O) groups excluding carboxylic acids is 1. The molecule has 6 nitrogen and oxygen atoms in total. The fourth-order valence-electron chi connectivity index (χ4n) is 1.25. The summed E-state index contributed by atoms with van der Waals surface area (Å²) in [6.07, 6.45) is 0. The van der Waals surface area contributed by atoms with Gasteiger partial charge in [-0.3, -0.25) is 14.9 Å². The summed E-state index contributed by atoms with van der Waals surface area (Å²) in [5, 5.41) is 10.6. The van der Waals surface area contributed by atoms with Crippen LogP contribution in [-0.4, -0.2) is 26.5 Å². The number of benzene rings is 1. The molecule has 104 valence electrons. The lowest BCUT2D eigenvalue weighted by molar-refractivity contribution is -0.384. The first-order valence-electron chi connectivity index (χ1n) is 5.03. The summed E-state index contributed by atoms with van der Waals surface area (Å²) in [5.41, 5.74) is -0.294. The molecule has 0 radical (unpaired) electrons. The number of nitrogens with zero attached hydrogens (tertiary/aromatic N) is 1. The molecule has 0 bridgehead atoms. The van der Waals surface area contributed by atoms with Gasteiger partial charge < -0.3 is 0 Å². The van der Waals surface area contributed by atoms with Gasteiger partial charge in [0.05, 0.1) is 10.7 Å². The lowest BCUT2D eigenvalue weighted by Gasteiger charge is -2.18. The number of halogens is 2. The summed E-state index contributed by atoms with van der Waals surface area (Å²) in [7, 11) is -3.69. The number of nitro groups is 1. The van der Waals surface area contributed by atoms with E-state index in [1.807, 2.05) is 0 Å². The summed E-state index contributed by atoms with van der Waals surface area (Å²) >= 11 is 4.39. The average molecular weight is 462 g/mol. The van der Waals surface area contributed by atoms with Crippen LogP contribution in [0.5, 0.6) is 0 Å². The van der Waals surface area contributed by atoms with Gasteiger partial charge in [0.1, 0.15) is 0 Å². The first-order valence-corrected chi connectivity index (χ1v) is 8.55. The van der Waals surface area contributed by atoms with Crippen LogP contribution in [0.2, 0.25) is 0 Å². The maximum absolute atomic E-state index is 12.2. The maximum atomic E-state index is 12.2. The van der Waals surface area contributed by atoms with Crippen LogP contribution in [0.4, 0.5) is 5.69 Å². The highest BCUT2D eigenvalue weighted by Gasteiger charge is 2.45. The van der Waals surface area contributed by atoms with Gasteiger partial charge in [0.2, 0.25) is 7.45 Å². The molecule has 0 amide bonds. The molecule has 0 fully saturated rings. The van der Waals surface area contributed by atoms with E-state index >= 15 is 0 Å². The second kappa shape index (κ2) is 5.83. The minimum absolute atomic E-state index is 0.0301. The predicted molar refractivity (Wildman–Crippen MR) is 82.6 cm³/mol. The highest BCUT2D eigenvalue weighted by Crippen LogP contribution is 2.37. The number of carbonyl (C=O) groups is 1. The second-order valence-electron chi connectivity index (χ2n) is 3.56. The SMILES string of the molecule is CCS(=O)(=O)C(Br)(I)C(=O)c1cccc([N+](=O)[O-])c1. The van der Waals surface area contributed by atoms with Gasteiger partial charge in [-0.15, -0.1) is 0 Å². The molecule has 0 N–H and O–H groups in total. The zero-order chi connectivity index (χ0) is 14.8. The number of alkyl halides is 2. The number of ketones is 1. The normalized spacial score (nSPS) is 14.7. The Morgan fingerprint density at radius 2 is 2.11 bits per heavy atom. The third-order valence-electron chi connectivity index (χ3n) is 2.35. The summed E-state index contributed by atoms with van der Waals surface area (Å²) in [4.78, 5) is 22.2. The Kier molecular flexibility index (Phi) is 5.07. The summed E-state index contributed by atoms with van der Waals surface area (Å²) < 4.78 is 21.9. The molecule has 0 spiro atoms. The van der Waals surface area contributed by atoms with Gasteiger partial charge in [-0.1, -0.05) is 19.1 Å². The number of sulfone groups is 1. The Labute approximate surface area is 131 Å². The first-order chi connectivity index (χ1) is 8.63. The van der Waals surface area contributed by atoms with Crippen LogP contribution in [0.3, 0.4) is 0 Å². The van der Waals surface area contributed by atoms with Crippen LogP contribution in [0.15, 0.2) is 24.3 Å². The molecule has 0 aromatic heterocycles. The molecule has 19 heavy (non-hydrogen) atoms. The number of Topliss-reactive ketones (excluding diaryl/α,β-unsaturated/α-hetero) is 1. The quantitative estimate of drug-likeness (QED) is 0.221. The highest BCUT2D eigenvalue weighted by atomic mass is 127. The molecule has 0 aliphatic heterocycles. The van der Waals surface area contributed by atoms with Gasteiger partial charge in [-0.25, -0.2) is 8.42 Å². The van der Waals surface area contributed by atoms with E-state index in [-0.39, 0.29) is 17.0 Å². The van der Waals surface area contributed by atoms with Crippen LogP contribution >= 0.6 is 38.5 Å². The van der Waals surface area contributed by atoms with Crippen molar-refractivity contribution >= 4 is 59.8 Å². The van der Waals surface area contributed by atoms with Crippen molar-refractivity contribution in [1.82, 2.24) is 0 Å². The fourth-order valence-corrected chi connectivity index (χ4v) is 4.18. The van der Waals surface area contributed by atoms with Crippen LogP contribution in [0.25, 0.3) is 0 Å². The lowest BCUT2D eigenvalue weighted by atomic mass is 10.1. The van der Waals surface area contributed by atoms with Gasteiger partial charge in [-0.05, 0) is 38.5 Å². The molecule has 0 heterocycles. The van der Waals surface area contributed by atoms with E-state index in [0.29, 0.717) is 0 Å². The molecule has 1 rings (SSSR count). The molecule has 9 heteroatoms. The summed E-state index contributed by atoms with van der Waals surface area (Å²) in [5.74, 6) is -0.958. The van der Waals surface area contributed by atoms with Crippen molar-refractivity contribution in [3.63, 3.8) is 0 Å². The van der Waals surface area contributed by atoms with Crippen molar-refractivity contribution in [3.05, 3.63) is 39.9 Å². The molecular formula is C10H9BrINO5S. The standard InChI is InChI=1S/C10H9BrINO5S/c1-2-19(17,18)10(11,12)9(14)7-4-3-5-8(6-7)13(15)16/h3-6H,2H2,1H3. The Balaban J connectivity index is 3.28. The van der Waals surface area contributed by atoms with E-state index in [4.69, 9.17) is 0 Å². The van der Waals surface area contributed by atoms with Crippen molar-refractivity contribution in [2.75, 3.05) is 5.75 Å². The number of hydrogen-bond acceptors (Lipinski definition) is 5. The molecule has 0 saturated carbocycles. The lowest BCUT2D eigenvalue weighted by Crippen LogP contribution is -2.35. The highest BCUT2D eigenvalue weighted by molar-refractivity contribution is 14.1. The Bertz CT molecular complexity index is 629. The van der Waals surface area contributed by atoms with E-state index in [1.165, 1.54) is 47.7 Å². The zero-order valence-corrected chi connectivity index (χ0v) is 14.2. The van der Waals surface area contributed by atoms with Gasteiger partial charge >= 0.3 is 0 Å². The third-order valence-corrected chi connectivity index (χ3v) is 8.42. The van der Waals surface area contributed by atoms with E-state index < -0.39 is 22.2 Å². The van der Waals surface area contributed by atoms with Gasteiger partial charge in [-0.2, -0.15) is 0 Å². The fraction of sp³-hybridized carbons (Fsp3) is 0.300. The monoisotopic (exact) mass is 461 g/mol. The van der Waals surface area contributed by atoms with Gasteiger partial charge in [0.25, 0.3) is 5.69 Å². The third kappa shape index (κ3) is 3.31. The van der Waals surface area contributed by atoms with Crippen LogP contribution in [0.1, 0.15) is 17.3 Å². The second-order valence-corrected chi connectivity index (χ2v) is 11.5. The topological polar surface area (TPSA) is 94.3 Å². The van der Waals surface area contributed by atoms with Crippen molar-refractivity contribution < 1.29 is 18.1 Å². The number of rotatable bonds is 5. The summed E-state index contributed by atoms with van der Waals surface area (Å²) in [6.45, 7) is 1.42. The van der Waals surface area contributed by atoms with Crippen molar-refractivity contribution in [2.45, 2.75) is 8.59 Å². The largest absolute Gasteiger partial charge is 0.290 e. The van der Waals surface area contributed by atoms with Crippen molar-refractivity contribution in [2.24, 2.45) is 0 Å². The number of nitro benzene ring substituents is 1. The van der Waals surface area contributed by atoms with Crippen molar-refractivity contribution in [1.29, 1.82) is 0 Å². The molecule has 0 aliphatic rings. The molecule has 1 aromatic carbocycles. The molecule has 1 unspecified atom stereocenters. The minimum Gasteiger partial charge on any atom is -0.290 e. The van der Waals surface area contributed by atoms with Gasteiger partial charge in [0.15, 0.2) is 9.84 Å². The van der Waals surface area contributed by atoms with E-state index in [2.05, 4.69) is 15.9 Å². The molecule has 0 saturated heterocycles. The van der Waals surface area contributed by atoms with Crippen molar-refractivity contribution in [3.8, 4) is 0 Å². The minimum atomic E-state index is -3.69. The Morgan fingerprint density at radius 3 is 2.58 bits per heavy atom. The number of non-ortho nitro benzene ring substituents is 1. The van der Waals surface area contributed by atoms with E-state index in [0.717, 1.165) is 6.07 Å². The van der Waals surface area contributed by atoms with E-state index in [9.17, 15) is 23.3 Å². The predicted octanol–water partition coefficient (Wildman–Crippen LogP) is 2.70. The molecular weight excluding hydrogens is 453 g/mol. The van der Waals surface area contributed by atoms with Crippen LogP contribution in [0, 0.1) is 10.1 Å². The Hall–Kier alpha value is -0.550. The first kappa shape index (κ1) is 16.5.